The van der Waals surface area contributed by atoms with Crippen LogP contribution in [0.25, 0.3) is 11.4 Å². The number of carbonyl (C=O) groups excluding carboxylic acids is 1. The summed E-state index contributed by atoms with van der Waals surface area (Å²) in [5.41, 5.74) is 6.52. The standard InChI is InChI=1S/C17H22N4O2S.2ClH/c1-4-23-13-9-17(18,16(13,2)3)14(22)21-15-20-12(10-24-15)11-7-5-6-8-19-11;;/h5-8,10,13H,4,9,18H2,1-3H3,(H,20,21,22);2*1H. The van der Waals surface area contributed by atoms with Crippen molar-refractivity contribution in [3.8, 4) is 11.4 Å². The van der Waals surface area contributed by atoms with Gasteiger partial charge in [0.2, 0.25) is 5.91 Å². The molecule has 0 bridgehead atoms. The lowest BCUT2D eigenvalue weighted by molar-refractivity contribution is -0.166. The molecule has 1 aliphatic carbocycles. The molecule has 2 aromatic rings. The highest BCUT2D eigenvalue weighted by atomic mass is 35.5. The van der Waals surface area contributed by atoms with Crippen LogP contribution in [-0.4, -0.2) is 34.1 Å². The highest BCUT2D eigenvalue weighted by molar-refractivity contribution is 7.14. The highest BCUT2D eigenvalue weighted by Gasteiger charge is 2.63. The Balaban J connectivity index is 0.00000169. The number of ether oxygens (including phenoxy) is 1. The molecule has 26 heavy (non-hydrogen) atoms. The molecular formula is C17H24Cl2N4O2S. The quantitative estimate of drug-likeness (QED) is 0.774. The Morgan fingerprint density at radius 1 is 1.38 bits per heavy atom. The molecule has 1 amide bonds. The van der Waals surface area contributed by atoms with Gasteiger partial charge in [0.25, 0.3) is 0 Å². The summed E-state index contributed by atoms with van der Waals surface area (Å²) in [6.45, 7) is 6.50. The summed E-state index contributed by atoms with van der Waals surface area (Å²) >= 11 is 1.36. The van der Waals surface area contributed by atoms with Gasteiger partial charge in [-0.05, 0) is 19.1 Å². The van der Waals surface area contributed by atoms with Crippen LogP contribution in [0, 0.1) is 5.41 Å². The van der Waals surface area contributed by atoms with Crippen molar-refractivity contribution >= 4 is 47.2 Å². The summed E-state index contributed by atoms with van der Waals surface area (Å²) in [6, 6.07) is 5.64. The predicted molar refractivity (Wildman–Crippen MR) is 109 cm³/mol. The Morgan fingerprint density at radius 3 is 2.69 bits per heavy atom. The summed E-state index contributed by atoms with van der Waals surface area (Å²) in [6.07, 6.45) is 2.23. The van der Waals surface area contributed by atoms with Gasteiger partial charge in [-0.3, -0.25) is 9.78 Å². The summed E-state index contributed by atoms with van der Waals surface area (Å²) in [5.74, 6) is -0.217. The number of rotatable bonds is 5. The molecule has 2 aromatic heterocycles. The van der Waals surface area contributed by atoms with Crippen molar-refractivity contribution in [1.82, 2.24) is 9.97 Å². The van der Waals surface area contributed by atoms with Crippen molar-refractivity contribution in [2.24, 2.45) is 11.1 Å². The van der Waals surface area contributed by atoms with E-state index in [4.69, 9.17) is 10.5 Å². The largest absolute Gasteiger partial charge is 0.378 e. The van der Waals surface area contributed by atoms with E-state index in [1.807, 2.05) is 44.4 Å². The molecule has 2 unspecified atom stereocenters. The molecule has 0 saturated heterocycles. The molecule has 1 saturated carbocycles. The minimum atomic E-state index is -0.955. The fraction of sp³-hybridized carbons (Fsp3) is 0.471. The number of thiazole rings is 1. The lowest BCUT2D eigenvalue weighted by Crippen LogP contribution is -2.74. The summed E-state index contributed by atoms with van der Waals surface area (Å²) in [5, 5.41) is 5.25. The molecular weight excluding hydrogens is 395 g/mol. The average Bonchev–Trinajstić information content (AvgIpc) is 3.03. The highest BCUT2D eigenvalue weighted by Crippen LogP contribution is 2.50. The first-order valence-corrected chi connectivity index (χ1v) is 8.85. The number of carbonyl (C=O) groups is 1. The zero-order valence-corrected chi connectivity index (χ0v) is 17.3. The van der Waals surface area contributed by atoms with Crippen LogP contribution in [0.3, 0.4) is 0 Å². The lowest BCUT2D eigenvalue weighted by atomic mass is 9.54. The van der Waals surface area contributed by atoms with Crippen LogP contribution in [0.1, 0.15) is 27.2 Å². The third-order valence-electron chi connectivity index (χ3n) is 4.89. The molecule has 144 valence electrons. The Morgan fingerprint density at radius 2 is 2.12 bits per heavy atom. The first kappa shape index (κ1) is 22.8. The van der Waals surface area contributed by atoms with Gasteiger partial charge in [0.1, 0.15) is 11.2 Å². The maximum atomic E-state index is 12.7. The molecule has 1 fully saturated rings. The van der Waals surface area contributed by atoms with E-state index >= 15 is 0 Å². The molecule has 3 N–H and O–H groups in total. The maximum absolute atomic E-state index is 12.7. The number of amides is 1. The van der Waals surface area contributed by atoms with Gasteiger partial charge in [0, 0.05) is 30.0 Å². The molecule has 1 aliphatic rings. The van der Waals surface area contributed by atoms with Crippen molar-refractivity contribution in [3.05, 3.63) is 29.8 Å². The van der Waals surface area contributed by atoms with Gasteiger partial charge in [-0.25, -0.2) is 4.98 Å². The number of nitrogens with zero attached hydrogens (tertiary/aromatic N) is 2. The van der Waals surface area contributed by atoms with Gasteiger partial charge in [-0.15, -0.1) is 36.2 Å². The van der Waals surface area contributed by atoms with Gasteiger partial charge in [0.15, 0.2) is 5.13 Å². The molecule has 2 atom stereocenters. The van der Waals surface area contributed by atoms with E-state index in [-0.39, 0.29) is 36.8 Å². The van der Waals surface area contributed by atoms with Crippen LogP contribution in [-0.2, 0) is 9.53 Å². The average molecular weight is 419 g/mol. The van der Waals surface area contributed by atoms with Crippen LogP contribution in [0.2, 0.25) is 0 Å². The fourth-order valence-electron chi connectivity index (χ4n) is 2.99. The second-order valence-electron chi connectivity index (χ2n) is 6.55. The van der Waals surface area contributed by atoms with Gasteiger partial charge in [-0.2, -0.15) is 0 Å². The Bertz CT molecular complexity index is 741. The van der Waals surface area contributed by atoms with E-state index in [1.54, 1.807) is 6.20 Å². The van der Waals surface area contributed by atoms with Crippen LogP contribution in [0.15, 0.2) is 29.8 Å². The normalized spacial score (nSPS) is 23.2. The van der Waals surface area contributed by atoms with Crippen molar-refractivity contribution in [2.45, 2.75) is 38.8 Å². The number of pyridine rings is 1. The topological polar surface area (TPSA) is 90.1 Å². The molecule has 2 heterocycles. The van der Waals surface area contributed by atoms with Gasteiger partial charge < -0.3 is 15.8 Å². The van der Waals surface area contributed by atoms with Crippen LogP contribution >= 0.6 is 36.2 Å². The number of anilines is 1. The first-order valence-electron chi connectivity index (χ1n) is 7.97. The summed E-state index contributed by atoms with van der Waals surface area (Å²) in [7, 11) is 0. The van der Waals surface area contributed by atoms with Crippen molar-refractivity contribution < 1.29 is 9.53 Å². The van der Waals surface area contributed by atoms with E-state index < -0.39 is 11.0 Å². The van der Waals surface area contributed by atoms with Crippen LogP contribution in [0.5, 0.6) is 0 Å². The second kappa shape index (κ2) is 8.63. The van der Waals surface area contributed by atoms with E-state index in [0.29, 0.717) is 18.2 Å². The molecule has 0 aromatic carbocycles. The number of hydrogen-bond acceptors (Lipinski definition) is 6. The van der Waals surface area contributed by atoms with E-state index in [2.05, 4.69) is 15.3 Å². The van der Waals surface area contributed by atoms with Gasteiger partial charge >= 0.3 is 0 Å². The third-order valence-corrected chi connectivity index (χ3v) is 5.64. The zero-order valence-electron chi connectivity index (χ0n) is 14.9. The SMILES string of the molecule is CCOC1CC(N)(C(=O)Nc2nc(-c3ccccn3)cs2)C1(C)C.Cl.Cl. The lowest BCUT2D eigenvalue weighted by Gasteiger charge is -2.57. The number of hydrogen-bond donors (Lipinski definition) is 2. The number of halogens is 2. The minimum absolute atomic E-state index is 0. The number of nitrogens with one attached hydrogen (secondary N) is 1. The fourth-order valence-corrected chi connectivity index (χ4v) is 3.69. The van der Waals surface area contributed by atoms with Gasteiger partial charge in [-0.1, -0.05) is 19.9 Å². The predicted octanol–water partition coefficient (Wildman–Crippen LogP) is 3.52. The van der Waals surface area contributed by atoms with Crippen molar-refractivity contribution in [3.63, 3.8) is 0 Å². The monoisotopic (exact) mass is 418 g/mol. The van der Waals surface area contributed by atoms with Crippen LogP contribution in [0.4, 0.5) is 5.13 Å². The molecule has 6 nitrogen and oxygen atoms in total. The summed E-state index contributed by atoms with van der Waals surface area (Å²) in [4.78, 5) is 21.4. The Labute approximate surface area is 169 Å². The van der Waals surface area contributed by atoms with E-state index in [0.717, 1.165) is 11.4 Å². The molecule has 9 heteroatoms. The third kappa shape index (κ3) is 3.87. The van der Waals surface area contributed by atoms with E-state index in [9.17, 15) is 4.79 Å². The summed E-state index contributed by atoms with van der Waals surface area (Å²) < 4.78 is 5.67. The first-order chi connectivity index (χ1) is 11.4. The second-order valence-corrected chi connectivity index (χ2v) is 7.41. The zero-order chi connectivity index (χ0) is 17.4. The Hall–Kier alpha value is -1.25. The van der Waals surface area contributed by atoms with Crippen molar-refractivity contribution in [1.29, 1.82) is 0 Å². The van der Waals surface area contributed by atoms with Gasteiger partial charge in [0.05, 0.1) is 11.8 Å². The molecule has 0 aliphatic heterocycles. The Kier molecular flexibility index (Phi) is 7.56. The molecule has 0 radical (unpaired) electrons. The number of aromatic nitrogens is 2. The maximum Gasteiger partial charge on any atom is 0.246 e. The molecule has 3 rings (SSSR count). The van der Waals surface area contributed by atoms with E-state index in [1.165, 1.54) is 11.3 Å². The molecule has 0 spiro atoms. The van der Waals surface area contributed by atoms with Crippen molar-refractivity contribution in [2.75, 3.05) is 11.9 Å². The minimum Gasteiger partial charge on any atom is -0.378 e. The van der Waals surface area contributed by atoms with Crippen LogP contribution < -0.4 is 11.1 Å². The smallest absolute Gasteiger partial charge is 0.246 e. The number of nitrogens with two attached hydrogens (primary N) is 1.